The minimum absolute atomic E-state index is 0.850. The molecule has 11 aromatic rings. The molecule has 0 atom stereocenters. The Balaban J connectivity index is 1.31. The predicted molar refractivity (Wildman–Crippen MR) is 234 cm³/mol. The Bertz CT molecular complexity index is 3300. The van der Waals surface area contributed by atoms with Gasteiger partial charge in [0.05, 0.1) is 34.9 Å². The van der Waals surface area contributed by atoms with Crippen molar-refractivity contribution in [3.63, 3.8) is 0 Å². The van der Waals surface area contributed by atoms with E-state index in [0.717, 1.165) is 34.9 Å². The van der Waals surface area contributed by atoms with Crippen LogP contribution in [-0.4, -0.2) is 22.8 Å². The van der Waals surface area contributed by atoms with E-state index >= 15 is 0 Å². The van der Waals surface area contributed by atoms with Crippen molar-refractivity contribution in [2.24, 2.45) is 0 Å². The van der Waals surface area contributed by atoms with Gasteiger partial charge in [-0.25, -0.2) is 0 Å². The highest BCUT2D eigenvalue weighted by molar-refractivity contribution is 6.32. The smallest absolute Gasteiger partial charge is 0.118 e. The Kier molecular flexibility index (Phi) is 7.02. The SMILES string of the molecule is CCNc1ccc(-n2c3ccccc3c3ccc4c(c5ccccc5n4-c4ccc(-c5ccc(OC)cc5)c5c6ccccc6c6ccccc6c45)c32)cc1. The second-order valence-electron chi connectivity index (χ2n) is 14.3. The van der Waals surface area contributed by atoms with Crippen molar-refractivity contribution in [2.45, 2.75) is 6.92 Å². The maximum Gasteiger partial charge on any atom is 0.118 e. The number of ether oxygens (including phenoxy) is 1. The number of anilines is 1. The van der Waals surface area contributed by atoms with E-state index in [-0.39, 0.29) is 0 Å². The number of nitrogens with zero attached hydrogens (tertiary/aromatic N) is 2. The Morgan fingerprint density at radius 2 is 1.05 bits per heavy atom. The quantitative estimate of drug-likeness (QED) is 0.174. The molecule has 0 fully saturated rings. The average Bonchev–Trinajstić information content (AvgIpc) is 3.77. The van der Waals surface area contributed by atoms with E-state index in [4.69, 9.17) is 4.74 Å². The van der Waals surface area contributed by atoms with Gasteiger partial charge in [0.2, 0.25) is 0 Å². The fraction of sp³-hybridized carbons (Fsp3) is 0.0588. The molecule has 4 heteroatoms. The Morgan fingerprint density at radius 1 is 0.455 bits per heavy atom. The highest BCUT2D eigenvalue weighted by atomic mass is 16.5. The van der Waals surface area contributed by atoms with E-state index < -0.39 is 0 Å². The minimum atomic E-state index is 0.850. The first kappa shape index (κ1) is 31.5. The van der Waals surface area contributed by atoms with Crippen molar-refractivity contribution in [3.05, 3.63) is 170 Å². The molecule has 9 aromatic carbocycles. The predicted octanol–water partition coefficient (Wildman–Crippen LogP) is 13.4. The molecule has 11 rings (SSSR count). The lowest BCUT2D eigenvalue weighted by molar-refractivity contribution is 0.415. The molecule has 4 nitrogen and oxygen atoms in total. The number of hydrogen-bond acceptors (Lipinski definition) is 2. The van der Waals surface area contributed by atoms with Crippen molar-refractivity contribution in [1.82, 2.24) is 9.13 Å². The number of hydrogen-bond donors (Lipinski definition) is 1. The Labute approximate surface area is 318 Å². The van der Waals surface area contributed by atoms with Crippen LogP contribution in [0.25, 0.3) is 98.4 Å². The summed E-state index contributed by atoms with van der Waals surface area (Å²) in [5.41, 5.74) is 10.6. The monoisotopic (exact) mass is 707 g/mol. The molecule has 2 aromatic heterocycles. The third-order valence-corrected chi connectivity index (χ3v) is 11.5. The molecule has 2 heterocycles. The van der Waals surface area contributed by atoms with Gasteiger partial charge >= 0.3 is 0 Å². The summed E-state index contributed by atoms with van der Waals surface area (Å²) < 4.78 is 10.5. The van der Waals surface area contributed by atoms with Gasteiger partial charge in [0.15, 0.2) is 0 Å². The number of rotatable bonds is 6. The number of fused-ring (bicyclic) bond motifs is 13. The highest BCUT2D eigenvalue weighted by Gasteiger charge is 2.23. The number of nitrogens with one attached hydrogen (secondary N) is 1. The number of benzene rings is 9. The molecule has 0 aliphatic carbocycles. The van der Waals surface area contributed by atoms with Crippen LogP contribution in [0.2, 0.25) is 0 Å². The van der Waals surface area contributed by atoms with E-state index in [1.165, 1.54) is 81.5 Å². The zero-order valence-corrected chi connectivity index (χ0v) is 30.7. The van der Waals surface area contributed by atoms with Gasteiger partial charge in [-0.1, -0.05) is 109 Å². The third kappa shape index (κ3) is 4.58. The molecule has 0 radical (unpaired) electrons. The molecule has 1 N–H and O–H groups in total. The first-order valence-electron chi connectivity index (χ1n) is 19.0. The van der Waals surface area contributed by atoms with Gasteiger partial charge < -0.3 is 19.2 Å². The van der Waals surface area contributed by atoms with Crippen LogP contribution in [0.4, 0.5) is 5.69 Å². The van der Waals surface area contributed by atoms with Crippen LogP contribution in [0.1, 0.15) is 6.92 Å². The summed E-state index contributed by atoms with van der Waals surface area (Å²) in [4.78, 5) is 0. The molecular weight excluding hydrogens is 671 g/mol. The van der Waals surface area contributed by atoms with Gasteiger partial charge in [-0.15, -0.1) is 0 Å². The molecule has 0 spiro atoms. The van der Waals surface area contributed by atoms with Crippen LogP contribution in [-0.2, 0) is 0 Å². The van der Waals surface area contributed by atoms with Gasteiger partial charge in [-0.3, -0.25) is 0 Å². The number of aromatic nitrogens is 2. The second kappa shape index (κ2) is 12.3. The molecule has 0 aliphatic heterocycles. The third-order valence-electron chi connectivity index (χ3n) is 11.5. The van der Waals surface area contributed by atoms with Gasteiger partial charge in [-0.2, -0.15) is 0 Å². The van der Waals surface area contributed by atoms with Crippen LogP contribution in [0.5, 0.6) is 5.75 Å². The average molecular weight is 708 g/mol. The lowest BCUT2D eigenvalue weighted by Gasteiger charge is -2.19. The van der Waals surface area contributed by atoms with Crippen LogP contribution in [0, 0.1) is 0 Å². The summed E-state index contributed by atoms with van der Waals surface area (Å²) in [5.74, 6) is 0.850. The van der Waals surface area contributed by atoms with E-state index in [1.54, 1.807) is 7.11 Å². The molecule has 0 saturated carbocycles. The first-order valence-corrected chi connectivity index (χ1v) is 19.0. The van der Waals surface area contributed by atoms with Gasteiger partial charge in [0.25, 0.3) is 0 Å². The van der Waals surface area contributed by atoms with Gasteiger partial charge in [-0.05, 0) is 100 Å². The molecule has 0 aliphatic rings. The lowest BCUT2D eigenvalue weighted by atomic mass is 9.88. The van der Waals surface area contributed by atoms with Crippen molar-refractivity contribution in [3.8, 4) is 28.3 Å². The second-order valence-corrected chi connectivity index (χ2v) is 14.3. The standard InChI is InChI=1S/C51H37N3O/c1-3-52-33-22-24-34(25-23-33)53-44-18-10-8-14-39(44)42-29-31-47-50(51(42)53)43-17-9-11-19-45(43)54(47)46-30-28-36(32-20-26-35(55-2)27-21-32)48-40-15-6-4-12-37(40)38-13-5-7-16-41(38)49(46)48/h4-31,52H,3H2,1-2H3. The van der Waals surface area contributed by atoms with Crippen molar-refractivity contribution < 1.29 is 4.74 Å². The van der Waals surface area contributed by atoms with Crippen molar-refractivity contribution >= 4 is 81.6 Å². The first-order chi connectivity index (χ1) is 27.2. The molecule has 262 valence electrons. The molecule has 0 bridgehead atoms. The summed E-state index contributed by atoms with van der Waals surface area (Å²) in [7, 11) is 1.72. The van der Waals surface area contributed by atoms with Crippen LogP contribution < -0.4 is 10.1 Å². The van der Waals surface area contributed by atoms with Gasteiger partial charge in [0, 0.05) is 50.2 Å². The normalized spacial score (nSPS) is 11.9. The van der Waals surface area contributed by atoms with Gasteiger partial charge in [0.1, 0.15) is 5.75 Å². The Hall–Kier alpha value is -7.04. The Morgan fingerprint density at radius 3 is 1.73 bits per heavy atom. The van der Waals surface area contributed by atoms with Crippen LogP contribution in [0.15, 0.2) is 170 Å². The maximum atomic E-state index is 5.56. The molecule has 0 saturated heterocycles. The highest BCUT2D eigenvalue weighted by Crippen LogP contribution is 2.47. The van der Waals surface area contributed by atoms with Crippen molar-refractivity contribution in [2.75, 3.05) is 19.0 Å². The lowest BCUT2D eigenvalue weighted by Crippen LogP contribution is -1.99. The summed E-state index contributed by atoms with van der Waals surface area (Å²) >= 11 is 0. The number of methoxy groups -OCH3 is 1. The van der Waals surface area contributed by atoms with E-state index in [1.807, 2.05) is 0 Å². The zero-order valence-electron chi connectivity index (χ0n) is 30.7. The van der Waals surface area contributed by atoms with E-state index in [2.05, 4.69) is 191 Å². The molecular formula is C51H37N3O. The van der Waals surface area contributed by atoms with E-state index in [0.29, 0.717) is 0 Å². The summed E-state index contributed by atoms with van der Waals surface area (Å²) in [5, 5.41) is 15.9. The van der Waals surface area contributed by atoms with Crippen molar-refractivity contribution in [1.29, 1.82) is 0 Å². The fourth-order valence-corrected chi connectivity index (χ4v) is 9.18. The molecule has 55 heavy (non-hydrogen) atoms. The summed E-state index contributed by atoms with van der Waals surface area (Å²) in [6.07, 6.45) is 0. The summed E-state index contributed by atoms with van der Waals surface area (Å²) in [6.45, 7) is 3.02. The molecule has 0 amide bonds. The number of para-hydroxylation sites is 2. The topological polar surface area (TPSA) is 31.1 Å². The van der Waals surface area contributed by atoms with E-state index in [9.17, 15) is 0 Å². The fourth-order valence-electron chi connectivity index (χ4n) is 9.18. The largest absolute Gasteiger partial charge is 0.497 e. The van der Waals surface area contributed by atoms with Crippen LogP contribution >= 0.6 is 0 Å². The summed E-state index contributed by atoms with van der Waals surface area (Å²) in [6, 6.07) is 62.2. The zero-order chi connectivity index (χ0) is 36.6. The maximum absolute atomic E-state index is 5.56. The minimum Gasteiger partial charge on any atom is -0.497 e. The molecule has 0 unspecified atom stereocenters. The van der Waals surface area contributed by atoms with Crippen LogP contribution in [0.3, 0.4) is 0 Å².